The molecule has 1 heterocycles. The number of amides is 1. The molecule has 0 radical (unpaired) electrons. The number of aryl methyl sites for hydroxylation is 1. The molecule has 0 aliphatic heterocycles. The lowest BCUT2D eigenvalue weighted by atomic mass is 9.87. The Labute approximate surface area is 162 Å². The first-order valence-electron chi connectivity index (χ1n) is 9.45. The maximum Gasteiger partial charge on any atom is 0.314 e. The number of benzene rings is 1. The SMILES string of the molecule is Cc1cc2[nH]c(=O)c(=O)[nH]c2cc1S(=O)(=O)CCC(=O)NC1CCC(C)CC1. The number of aromatic amines is 2. The fourth-order valence-corrected chi connectivity index (χ4v) is 5.15. The van der Waals surface area contributed by atoms with E-state index in [1.165, 1.54) is 12.1 Å². The molecule has 1 amide bonds. The van der Waals surface area contributed by atoms with Crippen LogP contribution < -0.4 is 16.4 Å². The topological polar surface area (TPSA) is 129 Å². The number of hydrogen-bond donors (Lipinski definition) is 3. The molecule has 0 saturated heterocycles. The molecule has 1 aromatic heterocycles. The number of nitrogens with one attached hydrogen (secondary N) is 3. The highest BCUT2D eigenvalue weighted by molar-refractivity contribution is 7.91. The minimum atomic E-state index is -3.72. The van der Waals surface area contributed by atoms with Gasteiger partial charge in [0.25, 0.3) is 0 Å². The second-order valence-electron chi connectivity index (χ2n) is 7.66. The smallest absolute Gasteiger partial charge is 0.314 e. The molecule has 1 aliphatic rings. The zero-order chi connectivity index (χ0) is 20.5. The van der Waals surface area contributed by atoms with Crippen molar-refractivity contribution >= 4 is 26.8 Å². The van der Waals surface area contributed by atoms with E-state index in [0.29, 0.717) is 17.0 Å². The lowest BCUT2D eigenvalue weighted by molar-refractivity contribution is -0.121. The van der Waals surface area contributed by atoms with Gasteiger partial charge in [0.2, 0.25) is 5.91 Å². The van der Waals surface area contributed by atoms with Crippen LogP contribution in [-0.2, 0) is 14.6 Å². The number of carbonyl (C=O) groups excluding carboxylic acids is 1. The number of hydrogen-bond acceptors (Lipinski definition) is 5. The number of sulfone groups is 1. The van der Waals surface area contributed by atoms with Gasteiger partial charge in [0.1, 0.15) is 0 Å². The van der Waals surface area contributed by atoms with E-state index in [1.807, 2.05) is 0 Å². The van der Waals surface area contributed by atoms with Gasteiger partial charge in [-0.15, -0.1) is 0 Å². The first kappa shape index (κ1) is 20.3. The summed E-state index contributed by atoms with van der Waals surface area (Å²) in [7, 11) is -3.72. The third-order valence-electron chi connectivity index (χ3n) is 5.33. The van der Waals surface area contributed by atoms with Crippen LogP contribution in [0.4, 0.5) is 0 Å². The Kier molecular flexibility index (Phi) is 5.74. The normalized spacial score (nSPS) is 20.2. The molecule has 1 aromatic carbocycles. The molecule has 0 spiro atoms. The summed E-state index contributed by atoms with van der Waals surface area (Å²) in [6.07, 6.45) is 3.87. The molecule has 0 bridgehead atoms. The van der Waals surface area contributed by atoms with Gasteiger partial charge < -0.3 is 15.3 Å². The summed E-state index contributed by atoms with van der Waals surface area (Å²) < 4.78 is 25.5. The van der Waals surface area contributed by atoms with Gasteiger partial charge in [-0.05, 0) is 56.2 Å². The van der Waals surface area contributed by atoms with Crippen molar-refractivity contribution in [3.8, 4) is 0 Å². The Bertz CT molecular complexity index is 1110. The number of aromatic nitrogens is 2. The monoisotopic (exact) mass is 407 g/mol. The Morgan fingerprint density at radius 3 is 2.25 bits per heavy atom. The van der Waals surface area contributed by atoms with Gasteiger partial charge in [-0.25, -0.2) is 8.42 Å². The zero-order valence-corrected chi connectivity index (χ0v) is 16.8. The fraction of sp³-hybridized carbons (Fsp3) is 0.526. The van der Waals surface area contributed by atoms with E-state index < -0.39 is 21.0 Å². The van der Waals surface area contributed by atoms with Crippen molar-refractivity contribution in [3.05, 3.63) is 38.4 Å². The molecule has 9 heteroatoms. The van der Waals surface area contributed by atoms with Crippen molar-refractivity contribution in [3.63, 3.8) is 0 Å². The maximum atomic E-state index is 12.7. The van der Waals surface area contributed by atoms with Crippen LogP contribution in [0.2, 0.25) is 0 Å². The molecular formula is C19H25N3O5S. The number of H-pyrrole nitrogens is 2. The van der Waals surface area contributed by atoms with Gasteiger partial charge in [0, 0.05) is 12.5 Å². The first-order chi connectivity index (χ1) is 13.2. The molecule has 1 saturated carbocycles. The van der Waals surface area contributed by atoms with Crippen molar-refractivity contribution < 1.29 is 13.2 Å². The van der Waals surface area contributed by atoms with Crippen LogP contribution in [0, 0.1) is 12.8 Å². The Morgan fingerprint density at radius 2 is 1.64 bits per heavy atom. The molecule has 3 rings (SSSR count). The average molecular weight is 407 g/mol. The molecule has 1 aliphatic carbocycles. The molecule has 1 fully saturated rings. The van der Waals surface area contributed by atoms with Gasteiger partial charge in [-0.1, -0.05) is 6.92 Å². The van der Waals surface area contributed by atoms with E-state index in [2.05, 4.69) is 22.2 Å². The van der Waals surface area contributed by atoms with Crippen LogP contribution in [0.25, 0.3) is 11.0 Å². The highest BCUT2D eigenvalue weighted by Crippen LogP contribution is 2.24. The molecular weight excluding hydrogens is 382 g/mol. The van der Waals surface area contributed by atoms with Crippen molar-refractivity contribution in [1.29, 1.82) is 0 Å². The number of rotatable bonds is 5. The van der Waals surface area contributed by atoms with Crippen molar-refractivity contribution in [2.24, 2.45) is 5.92 Å². The van der Waals surface area contributed by atoms with Crippen LogP contribution in [0.1, 0.15) is 44.6 Å². The van der Waals surface area contributed by atoms with E-state index in [-0.39, 0.29) is 34.5 Å². The van der Waals surface area contributed by atoms with Crippen molar-refractivity contribution in [2.75, 3.05) is 5.75 Å². The first-order valence-corrected chi connectivity index (χ1v) is 11.1. The second kappa shape index (κ2) is 7.90. The summed E-state index contributed by atoms with van der Waals surface area (Å²) in [5.74, 6) is 0.0899. The van der Waals surface area contributed by atoms with Gasteiger partial charge in [-0.3, -0.25) is 14.4 Å². The maximum absolute atomic E-state index is 12.7. The fourth-order valence-electron chi connectivity index (χ4n) is 3.63. The Morgan fingerprint density at radius 1 is 1.07 bits per heavy atom. The third-order valence-corrected chi connectivity index (χ3v) is 7.18. The van der Waals surface area contributed by atoms with Crippen LogP contribution in [0.3, 0.4) is 0 Å². The third kappa shape index (κ3) is 4.52. The highest BCUT2D eigenvalue weighted by Gasteiger charge is 2.23. The van der Waals surface area contributed by atoms with Gasteiger partial charge in [-0.2, -0.15) is 0 Å². The van der Waals surface area contributed by atoms with Crippen LogP contribution in [0.5, 0.6) is 0 Å². The summed E-state index contributed by atoms with van der Waals surface area (Å²) >= 11 is 0. The van der Waals surface area contributed by atoms with E-state index in [4.69, 9.17) is 0 Å². The predicted molar refractivity (Wildman–Crippen MR) is 106 cm³/mol. The minimum Gasteiger partial charge on any atom is -0.353 e. The Hall–Kier alpha value is -2.42. The Balaban J connectivity index is 1.72. The van der Waals surface area contributed by atoms with E-state index in [1.54, 1.807) is 6.92 Å². The molecule has 3 N–H and O–H groups in total. The van der Waals surface area contributed by atoms with E-state index >= 15 is 0 Å². The van der Waals surface area contributed by atoms with Gasteiger partial charge in [0.15, 0.2) is 9.84 Å². The van der Waals surface area contributed by atoms with Crippen molar-refractivity contribution in [2.45, 2.75) is 56.9 Å². The summed E-state index contributed by atoms with van der Waals surface area (Å²) in [5.41, 5.74) is -0.617. The largest absolute Gasteiger partial charge is 0.353 e. The van der Waals surface area contributed by atoms with Gasteiger partial charge in [0.05, 0.1) is 21.7 Å². The molecule has 2 aromatic rings. The minimum absolute atomic E-state index is 0.0435. The summed E-state index contributed by atoms with van der Waals surface area (Å²) in [6.45, 7) is 3.80. The quantitative estimate of drug-likeness (QED) is 0.645. The predicted octanol–water partition coefficient (Wildman–Crippen LogP) is 1.38. The standard InChI is InChI=1S/C19H25N3O5S/c1-11-3-5-13(6-4-11)20-17(23)7-8-28(26,27)16-10-15-14(9-12(16)2)21-18(24)19(25)22-15/h9-11,13H,3-8H2,1-2H3,(H,20,23)(H,21,24)(H,22,25). The van der Waals surface area contributed by atoms with Crippen LogP contribution >= 0.6 is 0 Å². The number of carbonyl (C=O) groups is 1. The van der Waals surface area contributed by atoms with Gasteiger partial charge >= 0.3 is 11.1 Å². The summed E-state index contributed by atoms with van der Waals surface area (Å²) in [6, 6.07) is 2.95. The van der Waals surface area contributed by atoms with E-state index in [0.717, 1.165) is 25.7 Å². The highest BCUT2D eigenvalue weighted by atomic mass is 32.2. The summed E-state index contributed by atoms with van der Waals surface area (Å²) in [4.78, 5) is 40.0. The molecule has 0 atom stereocenters. The average Bonchev–Trinajstić information content (AvgIpc) is 2.63. The van der Waals surface area contributed by atoms with Crippen LogP contribution in [-0.4, -0.2) is 36.1 Å². The molecule has 28 heavy (non-hydrogen) atoms. The second-order valence-corrected chi connectivity index (χ2v) is 9.74. The zero-order valence-electron chi connectivity index (χ0n) is 16.0. The summed E-state index contributed by atoms with van der Waals surface area (Å²) in [5, 5.41) is 2.93. The molecule has 8 nitrogen and oxygen atoms in total. The van der Waals surface area contributed by atoms with E-state index in [9.17, 15) is 22.8 Å². The number of fused-ring (bicyclic) bond motifs is 1. The van der Waals surface area contributed by atoms with Crippen LogP contribution in [0.15, 0.2) is 26.6 Å². The molecule has 0 unspecified atom stereocenters. The lowest BCUT2D eigenvalue weighted by Gasteiger charge is -2.26. The van der Waals surface area contributed by atoms with Crippen molar-refractivity contribution in [1.82, 2.24) is 15.3 Å². The lowest BCUT2D eigenvalue weighted by Crippen LogP contribution is -2.38. The molecule has 152 valence electrons.